The SMILES string of the molecule is O=C(Nc1cnccn1)c1cc(Cl)nc(Cl)c1. The van der Waals surface area contributed by atoms with Crippen LogP contribution in [0, 0.1) is 0 Å². The molecule has 2 heterocycles. The number of carbonyl (C=O) groups excluding carboxylic acids is 1. The van der Waals surface area contributed by atoms with E-state index in [4.69, 9.17) is 23.2 Å². The first-order chi connectivity index (χ1) is 8.15. The highest BCUT2D eigenvalue weighted by molar-refractivity contribution is 6.33. The zero-order chi connectivity index (χ0) is 12.3. The Kier molecular flexibility index (Phi) is 3.51. The Morgan fingerprint density at radius 1 is 1.18 bits per heavy atom. The average Bonchev–Trinajstić information content (AvgIpc) is 2.29. The largest absolute Gasteiger partial charge is 0.305 e. The lowest BCUT2D eigenvalue weighted by molar-refractivity contribution is 0.102. The number of aromatic nitrogens is 3. The molecule has 2 aromatic heterocycles. The van der Waals surface area contributed by atoms with Crippen LogP contribution >= 0.6 is 23.2 Å². The van der Waals surface area contributed by atoms with Gasteiger partial charge >= 0.3 is 0 Å². The second kappa shape index (κ2) is 5.07. The number of rotatable bonds is 2. The Labute approximate surface area is 107 Å². The first kappa shape index (κ1) is 11.8. The first-order valence-electron chi connectivity index (χ1n) is 4.55. The van der Waals surface area contributed by atoms with Crippen molar-refractivity contribution >= 4 is 34.9 Å². The fraction of sp³-hybridized carbons (Fsp3) is 0. The zero-order valence-corrected chi connectivity index (χ0v) is 9.90. The molecule has 0 saturated heterocycles. The van der Waals surface area contributed by atoms with Gasteiger partial charge in [-0.05, 0) is 12.1 Å². The Morgan fingerprint density at radius 2 is 1.88 bits per heavy atom. The van der Waals surface area contributed by atoms with Gasteiger partial charge in [0.15, 0.2) is 5.82 Å². The Balaban J connectivity index is 2.20. The van der Waals surface area contributed by atoms with Crippen molar-refractivity contribution < 1.29 is 4.79 Å². The number of pyridine rings is 1. The second-order valence-electron chi connectivity index (χ2n) is 3.05. The Bertz CT molecular complexity index is 527. The van der Waals surface area contributed by atoms with Gasteiger partial charge in [-0.1, -0.05) is 23.2 Å². The molecule has 86 valence electrons. The van der Waals surface area contributed by atoms with Gasteiger partial charge in [-0.25, -0.2) is 9.97 Å². The highest BCUT2D eigenvalue weighted by atomic mass is 35.5. The molecule has 0 bridgehead atoms. The Morgan fingerprint density at radius 3 is 2.47 bits per heavy atom. The van der Waals surface area contributed by atoms with Gasteiger partial charge in [-0.15, -0.1) is 0 Å². The van der Waals surface area contributed by atoms with Crippen LogP contribution in [-0.2, 0) is 0 Å². The van der Waals surface area contributed by atoms with E-state index in [1.165, 1.54) is 30.7 Å². The third-order valence-corrected chi connectivity index (χ3v) is 2.22. The van der Waals surface area contributed by atoms with Gasteiger partial charge in [0.05, 0.1) is 6.20 Å². The maximum Gasteiger partial charge on any atom is 0.257 e. The van der Waals surface area contributed by atoms with Gasteiger partial charge in [0, 0.05) is 18.0 Å². The monoisotopic (exact) mass is 268 g/mol. The van der Waals surface area contributed by atoms with E-state index in [0.717, 1.165) is 0 Å². The van der Waals surface area contributed by atoms with Gasteiger partial charge in [0.2, 0.25) is 0 Å². The molecule has 2 rings (SSSR count). The minimum Gasteiger partial charge on any atom is -0.305 e. The molecule has 0 spiro atoms. The van der Waals surface area contributed by atoms with Crippen molar-refractivity contribution in [1.82, 2.24) is 15.0 Å². The van der Waals surface area contributed by atoms with Crippen LogP contribution in [0.15, 0.2) is 30.7 Å². The number of hydrogen-bond donors (Lipinski definition) is 1. The normalized spacial score (nSPS) is 10.0. The summed E-state index contributed by atoms with van der Waals surface area (Å²) in [6.45, 7) is 0. The highest BCUT2D eigenvalue weighted by Crippen LogP contribution is 2.15. The second-order valence-corrected chi connectivity index (χ2v) is 3.82. The maximum absolute atomic E-state index is 11.8. The minimum atomic E-state index is -0.378. The fourth-order valence-corrected chi connectivity index (χ4v) is 1.61. The number of anilines is 1. The summed E-state index contributed by atoms with van der Waals surface area (Å²) in [6, 6.07) is 2.83. The van der Waals surface area contributed by atoms with Crippen LogP contribution < -0.4 is 5.32 Å². The van der Waals surface area contributed by atoms with Crippen LogP contribution in [-0.4, -0.2) is 20.9 Å². The molecule has 0 unspecified atom stereocenters. The van der Waals surface area contributed by atoms with E-state index in [1.807, 2.05) is 0 Å². The molecule has 0 aromatic carbocycles. The van der Waals surface area contributed by atoms with E-state index in [2.05, 4.69) is 20.3 Å². The average molecular weight is 269 g/mol. The van der Waals surface area contributed by atoms with Crippen LogP contribution in [0.5, 0.6) is 0 Å². The summed E-state index contributed by atoms with van der Waals surface area (Å²) in [4.78, 5) is 23.3. The van der Waals surface area contributed by atoms with Crippen molar-refractivity contribution in [2.24, 2.45) is 0 Å². The molecule has 0 fully saturated rings. The van der Waals surface area contributed by atoms with E-state index in [0.29, 0.717) is 11.4 Å². The molecular weight excluding hydrogens is 263 g/mol. The summed E-state index contributed by atoms with van der Waals surface area (Å²) >= 11 is 11.4. The van der Waals surface area contributed by atoms with Crippen LogP contribution in [0.1, 0.15) is 10.4 Å². The van der Waals surface area contributed by atoms with Gasteiger partial charge in [-0.3, -0.25) is 9.78 Å². The van der Waals surface area contributed by atoms with Gasteiger partial charge < -0.3 is 5.32 Å². The van der Waals surface area contributed by atoms with E-state index < -0.39 is 0 Å². The molecule has 0 aliphatic carbocycles. The van der Waals surface area contributed by atoms with Crippen molar-refractivity contribution in [2.45, 2.75) is 0 Å². The third kappa shape index (κ3) is 3.12. The molecule has 5 nitrogen and oxygen atoms in total. The van der Waals surface area contributed by atoms with Crippen molar-refractivity contribution in [3.8, 4) is 0 Å². The number of nitrogens with one attached hydrogen (secondary N) is 1. The van der Waals surface area contributed by atoms with Crippen molar-refractivity contribution in [3.63, 3.8) is 0 Å². The number of amides is 1. The minimum absolute atomic E-state index is 0.154. The van der Waals surface area contributed by atoms with E-state index in [-0.39, 0.29) is 16.2 Å². The summed E-state index contributed by atoms with van der Waals surface area (Å²) in [6.07, 6.45) is 4.42. The predicted octanol–water partition coefficient (Wildman–Crippen LogP) is 2.43. The number of nitrogens with zero attached hydrogens (tertiary/aromatic N) is 3. The van der Waals surface area contributed by atoms with Crippen LogP contribution in [0.25, 0.3) is 0 Å². The molecule has 1 N–H and O–H groups in total. The van der Waals surface area contributed by atoms with Crippen LogP contribution in [0.4, 0.5) is 5.82 Å². The summed E-state index contributed by atoms with van der Waals surface area (Å²) in [5, 5.41) is 2.86. The highest BCUT2D eigenvalue weighted by Gasteiger charge is 2.09. The topological polar surface area (TPSA) is 67.8 Å². The molecule has 0 saturated carbocycles. The summed E-state index contributed by atoms with van der Waals surface area (Å²) in [7, 11) is 0. The summed E-state index contributed by atoms with van der Waals surface area (Å²) in [5.41, 5.74) is 0.306. The number of halogens is 2. The molecule has 2 aromatic rings. The Hall–Kier alpha value is -1.72. The fourth-order valence-electron chi connectivity index (χ4n) is 1.15. The summed E-state index contributed by atoms with van der Waals surface area (Å²) < 4.78 is 0. The molecule has 0 atom stereocenters. The van der Waals surface area contributed by atoms with Crippen molar-refractivity contribution in [2.75, 3.05) is 5.32 Å². The van der Waals surface area contributed by atoms with Gasteiger partial charge in [-0.2, -0.15) is 0 Å². The van der Waals surface area contributed by atoms with E-state index >= 15 is 0 Å². The van der Waals surface area contributed by atoms with Crippen LogP contribution in [0.3, 0.4) is 0 Å². The summed E-state index contributed by atoms with van der Waals surface area (Å²) in [5.74, 6) is -0.0294. The van der Waals surface area contributed by atoms with Gasteiger partial charge in [0.25, 0.3) is 5.91 Å². The zero-order valence-electron chi connectivity index (χ0n) is 8.39. The quantitative estimate of drug-likeness (QED) is 0.850. The maximum atomic E-state index is 11.8. The number of carbonyl (C=O) groups is 1. The van der Waals surface area contributed by atoms with Crippen molar-refractivity contribution in [3.05, 3.63) is 46.6 Å². The van der Waals surface area contributed by atoms with Crippen LogP contribution in [0.2, 0.25) is 10.3 Å². The molecule has 17 heavy (non-hydrogen) atoms. The van der Waals surface area contributed by atoms with Crippen molar-refractivity contribution in [1.29, 1.82) is 0 Å². The lowest BCUT2D eigenvalue weighted by atomic mass is 10.2. The van der Waals surface area contributed by atoms with E-state index in [1.54, 1.807) is 0 Å². The molecular formula is C10H6Cl2N4O. The van der Waals surface area contributed by atoms with E-state index in [9.17, 15) is 4.79 Å². The smallest absolute Gasteiger partial charge is 0.257 e. The third-order valence-electron chi connectivity index (χ3n) is 1.83. The predicted molar refractivity (Wildman–Crippen MR) is 64.2 cm³/mol. The molecule has 0 radical (unpaired) electrons. The molecule has 0 aliphatic rings. The number of hydrogen-bond acceptors (Lipinski definition) is 4. The molecule has 0 aliphatic heterocycles. The molecule has 1 amide bonds. The lowest BCUT2D eigenvalue weighted by Gasteiger charge is -2.04. The van der Waals surface area contributed by atoms with Gasteiger partial charge in [0.1, 0.15) is 10.3 Å². The molecule has 7 heteroatoms. The lowest BCUT2D eigenvalue weighted by Crippen LogP contribution is -2.13. The first-order valence-corrected chi connectivity index (χ1v) is 5.31. The standard InChI is InChI=1S/C10H6Cl2N4O/c11-7-3-6(4-8(12)15-7)10(17)16-9-5-13-1-2-14-9/h1-5H,(H,14,16,17).